The summed E-state index contributed by atoms with van der Waals surface area (Å²) >= 11 is 0. The minimum absolute atomic E-state index is 0. The maximum absolute atomic E-state index is 13.4. The van der Waals surface area contributed by atoms with E-state index in [1.54, 1.807) is 6.92 Å². The summed E-state index contributed by atoms with van der Waals surface area (Å²) in [6.07, 6.45) is 10.2. The number of aromatic amines is 2. The number of aromatic nitrogens is 2. The normalized spacial score (nSPS) is 13.9. The zero-order valence-corrected chi connectivity index (χ0v) is 45.9. The summed E-state index contributed by atoms with van der Waals surface area (Å²) in [6, 6.07) is 15.6. The Bertz CT molecular complexity index is 2130. The van der Waals surface area contributed by atoms with Crippen molar-refractivity contribution in [2.75, 3.05) is 0 Å². The topological polar surface area (TPSA) is 205 Å². The Kier molecular flexibility index (Phi) is 25.8. The number of nitrogens with two attached hydrogens (primary N) is 2. The quantitative estimate of drug-likeness (QED) is 0.0438. The minimum Gasteiger partial charge on any atom is -0.370 e. The maximum atomic E-state index is 13.4. The Balaban J connectivity index is 0.00000116. The molecule has 2 aromatic carbocycles. The van der Waals surface area contributed by atoms with Crippen LogP contribution in [0.25, 0.3) is 21.8 Å². The van der Waals surface area contributed by atoms with Gasteiger partial charge >= 0.3 is 0 Å². The molecule has 0 aliphatic rings. The van der Waals surface area contributed by atoms with Crippen LogP contribution in [0, 0.1) is 16.7 Å². The van der Waals surface area contributed by atoms with Gasteiger partial charge in [-0.1, -0.05) is 104 Å². The number of fused-ring (bicyclic) bond motifs is 2. The molecule has 14 heteroatoms. The molecule has 0 aliphatic carbocycles. The molecule has 0 unspecified atom stereocenters. The van der Waals surface area contributed by atoms with Crippen molar-refractivity contribution in [2.45, 2.75) is 144 Å². The molecule has 64 heavy (non-hydrogen) atoms. The molecule has 9 N–H and O–H groups in total. The molecule has 4 aromatic rings. The third kappa shape index (κ3) is 19.3. The molecule has 0 saturated carbocycles. The Hall–Kier alpha value is -3.95. The molecular weight excluding hydrogens is 1150 g/mol. The van der Waals surface area contributed by atoms with E-state index in [0.29, 0.717) is 25.7 Å². The molecule has 0 aliphatic heterocycles. The van der Waals surface area contributed by atoms with Crippen molar-refractivity contribution in [3.8, 4) is 0 Å². The fourth-order valence-corrected chi connectivity index (χ4v) is 7.40. The number of hydrogen-bond acceptors (Lipinski definition) is 7. The number of carbonyl (C=O) groups is 5. The smallest absolute Gasteiger partial charge is 0.240 e. The largest absolute Gasteiger partial charge is 0.370 e. The molecule has 0 bridgehead atoms. The second kappa shape index (κ2) is 27.5. The van der Waals surface area contributed by atoms with E-state index in [9.17, 15) is 24.0 Å². The van der Waals surface area contributed by atoms with Crippen LogP contribution in [0.2, 0.25) is 0 Å². The number of H-pyrrole nitrogens is 2. The number of carbonyl (C=O) groups excluding carboxylic acids is 5. The van der Waals surface area contributed by atoms with E-state index in [0.717, 1.165) is 32.9 Å². The van der Waals surface area contributed by atoms with Crippen LogP contribution >= 0.6 is 0 Å². The van der Waals surface area contributed by atoms with Gasteiger partial charge in [0.2, 0.25) is 17.7 Å². The van der Waals surface area contributed by atoms with Crippen molar-refractivity contribution < 1.29 is 66.1 Å². The number of primary amides is 2. The number of para-hydroxylation sites is 2. The molecule has 4 rings (SSSR count). The molecular formula is C50H75N7O5W2. The van der Waals surface area contributed by atoms with Crippen LogP contribution in [0.5, 0.6) is 0 Å². The summed E-state index contributed by atoms with van der Waals surface area (Å²) in [5.74, 6) is -1.17. The third-order valence-electron chi connectivity index (χ3n) is 10.5. The van der Waals surface area contributed by atoms with Gasteiger partial charge in [0.25, 0.3) is 0 Å². The Morgan fingerprint density at radius 3 is 1.58 bits per heavy atom. The first-order valence-electron chi connectivity index (χ1n) is 21.7. The van der Waals surface area contributed by atoms with Gasteiger partial charge in [0.1, 0.15) is 5.78 Å². The number of ketones is 2. The number of Topliss-reactive ketones (excluding diaryl/α,β-unsaturated/α-hetero) is 2. The number of hydrogen-bond donors (Lipinski definition) is 7. The van der Waals surface area contributed by atoms with E-state index in [4.69, 9.17) is 11.5 Å². The predicted octanol–water partition coefficient (Wildman–Crippen LogP) is 7.76. The van der Waals surface area contributed by atoms with Gasteiger partial charge in [-0.3, -0.25) is 24.0 Å². The third-order valence-corrected chi connectivity index (χ3v) is 10.5. The van der Waals surface area contributed by atoms with Gasteiger partial charge in [0, 0.05) is 130 Å². The van der Waals surface area contributed by atoms with Gasteiger partial charge in [-0.2, -0.15) is 0 Å². The van der Waals surface area contributed by atoms with Crippen molar-refractivity contribution in [3.63, 3.8) is 0 Å². The molecule has 0 fully saturated rings. The molecule has 0 saturated heterocycles. The zero-order valence-electron chi connectivity index (χ0n) is 40.0. The SMILES string of the molecule is C=C.CC(C)N[C@@](C)(CCC(N)=O)C(=O)N[C@@H](Cc1c[nH]c2ccccc12)C(=O)C(C)(C)C.CC(C)N[C@H](/C=C/[C@@H](Cc1c[nH]c2ccccc12)C(=O)C(C)(C)C)CCC(N)=O.[W].[W]. The maximum Gasteiger partial charge on any atom is 0.240 e. The fourth-order valence-electron chi connectivity index (χ4n) is 7.40. The number of nitrogens with one attached hydrogen (secondary N) is 5. The standard InChI is InChI=1S/C24H36N4O3.C24H35N3O2.C2H4.2W/c1-15(2)28-24(6,12-11-20(25)29)22(31)27-19(21(30)23(3,4)5)13-16-14-26-18-10-8-7-9-17(16)18;1-16(2)27-19(12-13-22(25)28)11-10-17(23(29)24(3,4)5)14-18-15-26-21-9-7-6-8-20(18)21;1-2;;/h7-10,14-15,19,26,28H,11-13H2,1-6H3,(H2,25,29)(H,27,31);6-11,15-17,19,26-27H,12-14H2,1-5H3,(H2,25,28);1-2H2;;/b;11-10+;;;/t19-,24-;17-,19+;;;/m00.../s1. The van der Waals surface area contributed by atoms with Crippen LogP contribution in [-0.2, 0) is 78.9 Å². The van der Waals surface area contributed by atoms with E-state index in [1.807, 2.05) is 122 Å². The molecule has 2 heterocycles. The van der Waals surface area contributed by atoms with Gasteiger partial charge in [-0.15, -0.1) is 13.2 Å². The minimum atomic E-state index is -1.03. The first-order valence-corrected chi connectivity index (χ1v) is 21.7. The Morgan fingerprint density at radius 2 is 1.14 bits per heavy atom. The number of allylic oxidation sites excluding steroid dienone is 1. The van der Waals surface area contributed by atoms with Crippen LogP contribution in [0.15, 0.2) is 86.2 Å². The average Bonchev–Trinajstić information content (AvgIpc) is 3.80. The monoisotopic (exact) mass is 1220 g/mol. The summed E-state index contributed by atoms with van der Waals surface area (Å²) in [5.41, 5.74) is 12.7. The molecule has 3 amide bonds. The molecule has 352 valence electrons. The first kappa shape index (κ1) is 60.0. The first-order chi connectivity index (χ1) is 28.9. The summed E-state index contributed by atoms with van der Waals surface area (Å²) in [7, 11) is 0. The van der Waals surface area contributed by atoms with E-state index >= 15 is 0 Å². The van der Waals surface area contributed by atoms with E-state index in [-0.39, 0.29) is 102 Å². The van der Waals surface area contributed by atoms with Gasteiger partial charge < -0.3 is 37.4 Å². The molecule has 2 aromatic heterocycles. The van der Waals surface area contributed by atoms with E-state index in [2.05, 4.69) is 59.0 Å². The van der Waals surface area contributed by atoms with Crippen molar-refractivity contribution in [2.24, 2.45) is 28.2 Å². The van der Waals surface area contributed by atoms with Gasteiger partial charge in [-0.25, -0.2) is 0 Å². The van der Waals surface area contributed by atoms with Crippen LogP contribution in [-0.4, -0.2) is 69.0 Å². The summed E-state index contributed by atoms with van der Waals surface area (Å²) < 4.78 is 0. The second-order valence-electron chi connectivity index (χ2n) is 18.9. The van der Waals surface area contributed by atoms with Crippen molar-refractivity contribution in [1.29, 1.82) is 0 Å². The predicted molar refractivity (Wildman–Crippen MR) is 254 cm³/mol. The van der Waals surface area contributed by atoms with Crippen LogP contribution < -0.4 is 27.4 Å². The van der Waals surface area contributed by atoms with Gasteiger partial charge in [-0.05, 0) is 63.3 Å². The van der Waals surface area contributed by atoms with Crippen molar-refractivity contribution in [1.82, 2.24) is 25.9 Å². The second-order valence-corrected chi connectivity index (χ2v) is 18.9. The fraction of sp³-hybridized carbons (Fsp3) is 0.500. The van der Waals surface area contributed by atoms with Gasteiger partial charge in [0.05, 0.1) is 11.6 Å². The Morgan fingerprint density at radius 1 is 0.672 bits per heavy atom. The zero-order chi connectivity index (χ0) is 47.0. The van der Waals surface area contributed by atoms with Crippen molar-refractivity contribution in [3.05, 3.63) is 97.4 Å². The molecule has 4 atom stereocenters. The molecule has 0 spiro atoms. The molecule has 0 radical (unpaired) electrons. The number of benzene rings is 2. The number of rotatable bonds is 20. The van der Waals surface area contributed by atoms with E-state index < -0.39 is 28.3 Å². The number of amides is 3. The average molecular weight is 1220 g/mol. The van der Waals surface area contributed by atoms with Crippen LogP contribution in [0.3, 0.4) is 0 Å². The summed E-state index contributed by atoms with van der Waals surface area (Å²) in [6.45, 7) is 27.2. The Labute approximate surface area is 410 Å². The van der Waals surface area contributed by atoms with Crippen molar-refractivity contribution >= 4 is 51.1 Å². The van der Waals surface area contributed by atoms with Gasteiger partial charge in [0.15, 0.2) is 5.78 Å². The molecule has 12 nitrogen and oxygen atoms in total. The van der Waals surface area contributed by atoms with Crippen LogP contribution in [0.4, 0.5) is 0 Å². The summed E-state index contributed by atoms with van der Waals surface area (Å²) in [5, 5.41) is 11.8. The van der Waals surface area contributed by atoms with E-state index in [1.165, 1.54) is 0 Å². The van der Waals surface area contributed by atoms with Crippen LogP contribution in [0.1, 0.15) is 113 Å². The summed E-state index contributed by atoms with van der Waals surface area (Å²) in [4.78, 5) is 68.9.